The minimum absolute atomic E-state index is 0.151. The molecular formula is C10H10IN5O. The van der Waals surface area contributed by atoms with Gasteiger partial charge in [0, 0.05) is 6.20 Å². The van der Waals surface area contributed by atoms with Gasteiger partial charge in [-0.15, -0.1) is 0 Å². The lowest BCUT2D eigenvalue weighted by Gasteiger charge is -2.06. The average Bonchev–Trinajstić information content (AvgIpc) is 2.31. The van der Waals surface area contributed by atoms with Crippen LogP contribution in [0, 0.1) is 10.5 Å². The van der Waals surface area contributed by atoms with Crippen molar-refractivity contribution in [2.75, 3.05) is 5.32 Å². The topological polar surface area (TPSA) is 83.6 Å². The number of aromatic nitrogens is 4. The first-order valence-electron chi connectivity index (χ1n) is 4.92. The second-order valence-corrected chi connectivity index (χ2v) is 4.42. The Morgan fingerprint density at radius 3 is 3.06 bits per heavy atom. The summed E-state index contributed by atoms with van der Waals surface area (Å²) in [5.41, 5.74) is 0.706. The van der Waals surface area contributed by atoms with E-state index in [0.29, 0.717) is 15.9 Å². The van der Waals surface area contributed by atoms with E-state index >= 15 is 0 Å². The Bertz CT molecular complexity index is 583. The van der Waals surface area contributed by atoms with Gasteiger partial charge in [0.05, 0.1) is 18.6 Å². The summed E-state index contributed by atoms with van der Waals surface area (Å²) in [6, 6.07) is 1.82. The molecule has 0 spiro atoms. The van der Waals surface area contributed by atoms with Gasteiger partial charge in [-0.2, -0.15) is 0 Å². The fourth-order valence-corrected chi connectivity index (χ4v) is 1.77. The molecule has 2 N–H and O–H groups in total. The van der Waals surface area contributed by atoms with E-state index in [-0.39, 0.29) is 5.56 Å². The van der Waals surface area contributed by atoms with Crippen LogP contribution in [-0.2, 0) is 6.54 Å². The van der Waals surface area contributed by atoms with E-state index in [1.54, 1.807) is 6.20 Å². The standard InChI is InChI=1S/C10H10IN5O/c1-6-12-3-2-7(16-6)4-13-9-8(11)10(17)15-5-14-9/h2-3,5H,4H2,1H3,(H2,13,14,15,17). The molecule has 0 unspecified atom stereocenters. The maximum absolute atomic E-state index is 11.3. The molecule has 0 saturated carbocycles. The van der Waals surface area contributed by atoms with Gasteiger partial charge in [0.2, 0.25) is 0 Å². The van der Waals surface area contributed by atoms with Gasteiger partial charge in [0.25, 0.3) is 5.56 Å². The third kappa shape index (κ3) is 2.99. The predicted octanol–water partition coefficient (Wildman–Crippen LogP) is 1.09. The van der Waals surface area contributed by atoms with Crippen LogP contribution in [0.2, 0.25) is 0 Å². The molecule has 2 heterocycles. The highest BCUT2D eigenvalue weighted by atomic mass is 127. The lowest BCUT2D eigenvalue weighted by atomic mass is 10.4. The van der Waals surface area contributed by atoms with Crippen molar-refractivity contribution in [1.29, 1.82) is 0 Å². The predicted molar refractivity (Wildman–Crippen MR) is 71.7 cm³/mol. The van der Waals surface area contributed by atoms with Gasteiger partial charge in [0.1, 0.15) is 15.2 Å². The maximum Gasteiger partial charge on any atom is 0.266 e. The molecule has 2 rings (SSSR count). The number of anilines is 1. The summed E-state index contributed by atoms with van der Waals surface area (Å²) >= 11 is 1.95. The highest BCUT2D eigenvalue weighted by Crippen LogP contribution is 2.09. The van der Waals surface area contributed by atoms with Crippen LogP contribution in [-0.4, -0.2) is 19.9 Å². The van der Waals surface area contributed by atoms with Crippen LogP contribution in [0.15, 0.2) is 23.4 Å². The molecule has 0 aliphatic heterocycles. The van der Waals surface area contributed by atoms with E-state index in [9.17, 15) is 4.79 Å². The van der Waals surface area contributed by atoms with E-state index in [2.05, 4.69) is 25.3 Å². The van der Waals surface area contributed by atoms with Gasteiger partial charge in [0.15, 0.2) is 0 Å². The van der Waals surface area contributed by atoms with Crippen LogP contribution in [0.3, 0.4) is 0 Å². The van der Waals surface area contributed by atoms with Crippen LogP contribution in [0.1, 0.15) is 11.5 Å². The molecule has 0 fully saturated rings. The average molecular weight is 343 g/mol. The molecule has 0 bridgehead atoms. The molecule has 0 amide bonds. The summed E-state index contributed by atoms with van der Waals surface area (Å²) in [4.78, 5) is 26.2. The van der Waals surface area contributed by atoms with E-state index in [0.717, 1.165) is 11.5 Å². The highest BCUT2D eigenvalue weighted by Gasteiger charge is 2.04. The van der Waals surface area contributed by atoms with Gasteiger partial charge in [-0.3, -0.25) is 4.79 Å². The Hall–Kier alpha value is -1.51. The highest BCUT2D eigenvalue weighted by molar-refractivity contribution is 14.1. The van der Waals surface area contributed by atoms with E-state index in [1.807, 2.05) is 35.6 Å². The Balaban J connectivity index is 2.13. The molecule has 17 heavy (non-hydrogen) atoms. The van der Waals surface area contributed by atoms with Crippen molar-refractivity contribution in [3.63, 3.8) is 0 Å². The van der Waals surface area contributed by atoms with E-state index in [1.165, 1.54) is 6.33 Å². The van der Waals surface area contributed by atoms with Crippen LogP contribution in [0.5, 0.6) is 0 Å². The molecule has 2 aromatic heterocycles. The molecule has 6 nitrogen and oxygen atoms in total. The van der Waals surface area contributed by atoms with Crippen molar-refractivity contribution in [1.82, 2.24) is 19.9 Å². The third-order valence-corrected chi connectivity index (χ3v) is 3.07. The second-order valence-electron chi connectivity index (χ2n) is 3.34. The van der Waals surface area contributed by atoms with Crippen molar-refractivity contribution in [2.45, 2.75) is 13.5 Å². The number of H-pyrrole nitrogens is 1. The molecule has 88 valence electrons. The zero-order valence-electron chi connectivity index (χ0n) is 9.07. The zero-order valence-corrected chi connectivity index (χ0v) is 11.2. The van der Waals surface area contributed by atoms with Crippen molar-refractivity contribution in [3.8, 4) is 0 Å². The molecule has 0 aromatic carbocycles. The SMILES string of the molecule is Cc1nccc(CNc2nc[nH]c(=O)c2I)n1. The van der Waals surface area contributed by atoms with Crippen molar-refractivity contribution < 1.29 is 0 Å². The molecule has 2 aromatic rings. The summed E-state index contributed by atoms with van der Waals surface area (Å²) in [7, 11) is 0. The van der Waals surface area contributed by atoms with E-state index < -0.39 is 0 Å². The van der Waals surface area contributed by atoms with Gasteiger partial charge >= 0.3 is 0 Å². The fourth-order valence-electron chi connectivity index (χ4n) is 1.28. The van der Waals surface area contributed by atoms with Crippen molar-refractivity contribution in [2.24, 2.45) is 0 Å². The molecule has 0 atom stereocenters. The molecule has 7 heteroatoms. The summed E-state index contributed by atoms with van der Waals surface area (Å²) < 4.78 is 0.538. The number of halogens is 1. The number of nitrogens with one attached hydrogen (secondary N) is 2. The number of hydrogen-bond donors (Lipinski definition) is 2. The fraction of sp³-hybridized carbons (Fsp3) is 0.200. The summed E-state index contributed by atoms with van der Waals surface area (Å²) in [5, 5.41) is 3.07. The van der Waals surface area contributed by atoms with Crippen molar-refractivity contribution in [3.05, 3.63) is 44.0 Å². The molecule has 0 radical (unpaired) electrons. The van der Waals surface area contributed by atoms with Crippen LogP contribution in [0.25, 0.3) is 0 Å². The first-order chi connectivity index (χ1) is 8.16. The monoisotopic (exact) mass is 343 g/mol. The molecule has 0 aliphatic rings. The first kappa shape index (κ1) is 12.0. The van der Waals surface area contributed by atoms with E-state index in [4.69, 9.17) is 0 Å². The minimum Gasteiger partial charge on any atom is -0.363 e. The van der Waals surface area contributed by atoms with Gasteiger partial charge in [-0.25, -0.2) is 15.0 Å². The number of nitrogens with zero attached hydrogens (tertiary/aromatic N) is 3. The minimum atomic E-state index is -0.151. The smallest absolute Gasteiger partial charge is 0.266 e. The zero-order chi connectivity index (χ0) is 12.3. The number of aryl methyl sites for hydroxylation is 1. The number of rotatable bonds is 3. The summed E-state index contributed by atoms with van der Waals surface area (Å²) in [6.07, 6.45) is 3.08. The first-order valence-corrected chi connectivity index (χ1v) is 6.00. The Morgan fingerprint density at radius 2 is 2.29 bits per heavy atom. The quantitative estimate of drug-likeness (QED) is 0.815. The van der Waals surface area contributed by atoms with Crippen LogP contribution >= 0.6 is 22.6 Å². The van der Waals surface area contributed by atoms with Crippen molar-refractivity contribution >= 4 is 28.4 Å². The molecular weight excluding hydrogens is 333 g/mol. The summed E-state index contributed by atoms with van der Waals surface area (Å²) in [5.74, 6) is 1.28. The Kier molecular flexibility index (Phi) is 3.67. The lowest BCUT2D eigenvalue weighted by molar-refractivity contribution is 0.943. The van der Waals surface area contributed by atoms with Crippen LogP contribution in [0.4, 0.5) is 5.82 Å². The maximum atomic E-state index is 11.3. The Labute approximate surface area is 111 Å². The lowest BCUT2D eigenvalue weighted by Crippen LogP contribution is -2.15. The van der Waals surface area contributed by atoms with Gasteiger partial charge in [-0.05, 0) is 35.6 Å². The normalized spacial score (nSPS) is 10.2. The summed E-state index contributed by atoms with van der Waals surface area (Å²) in [6.45, 7) is 2.34. The largest absolute Gasteiger partial charge is 0.363 e. The third-order valence-electron chi connectivity index (χ3n) is 2.07. The van der Waals surface area contributed by atoms with Gasteiger partial charge < -0.3 is 10.3 Å². The number of hydrogen-bond acceptors (Lipinski definition) is 5. The van der Waals surface area contributed by atoms with Gasteiger partial charge in [-0.1, -0.05) is 0 Å². The second kappa shape index (κ2) is 5.21. The molecule has 0 aliphatic carbocycles. The molecule has 0 saturated heterocycles. The number of aromatic amines is 1. The van der Waals surface area contributed by atoms with Crippen LogP contribution < -0.4 is 10.9 Å². The Morgan fingerprint density at radius 1 is 1.47 bits per heavy atom.